The maximum Gasteiger partial charge on any atom is 0.223 e. The maximum atomic E-state index is 12.3. The lowest BCUT2D eigenvalue weighted by molar-refractivity contribution is -0.129. The second-order valence-corrected chi connectivity index (χ2v) is 6.32. The Bertz CT molecular complexity index is 321. The van der Waals surface area contributed by atoms with Crippen molar-refractivity contribution < 1.29 is 9.53 Å². The minimum Gasteiger partial charge on any atom is -0.376 e. The molecule has 1 aliphatic carbocycles. The average Bonchev–Trinajstić information content (AvgIpc) is 2.63. The smallest absolute Gasteiger partial charge is 0.223 e. The van der Waals surface area contributed by atoms with Crippen LogP contribution < -0.4 is 11.1 Å². The average molecular weight is 254 g/mol. The lowest BCUT2D eigenvalue weighted by Gasteiger charge is -2.35. The highest BCUT2D eigenvalue weighted by Gasteiger charge is 2.40. The third-order valence-corrected chi connectivity index (χ3v) is 4.90. The zero-order valence-corrected chi connectivity index (χ0v) is 11.7. The summed E-state index contributed by atoms with van der Waals surface area (Å²) in [5.41, 5.74) is 5.81. The van der Waals surface area contributed by atoms with Crippen molar-refractivity contribution in [3.8, 4) is 0 Å². The van der Waals surface area contributed by atoms with Crippen LogP contribution in [0.5, 0.6) is 0 Å². The van der Waals surface area contributed by atoms with Gasteiger partial charge in [-0.15, -0.1) is 0 Å². The van der Waals surface area contributed by atoms with Crippen LogP contribution in [-0.2, 0) is 9.53 Å². The number of rotatable bonds is 2. The Labute approximate surface area is 110 Å². The number of hydrogen-bond donors (Lipinski definition) is 2. The summed E-state index contributed by atoms with van der Waals surface area (Å²) in [7, 11) is 0. The Morgan fingerprint density at radius 2 is 2.11 bits per heavy atom. The van der Waals surface area contributed by atoms with E-state index in [-0.39, 0.29) is 29.5 Å². The van der Waals surface area contributed by atoms with Crippen molar-refractivity contribution in [2.45, 2.75) is 64.1 Å². The van der Waals surface area contributed by atoms with Gasteiger partial charge in [0.2, 0.25) is 5.91 Å². The summed E-state index contributed by atoms with van der Waals surface area (Å²) in [5, 5.41) is 3.21. The van der Waals surface area contributed by atoms with E-state index >= 15 is 0 Å². The first-order valence-corrected chi connectivity index (χ1v) is 7.11. The molecule has 0 aromatic carbocycles. The molecule has 1 saturated carbocycles. The molecule has 3 N–H and O–H groups in total. The standard InChI is InChI=1S/C14H26N2O2/c1-9-8-11(4-5-12(9)15)13(17)16-14(3)6-7-18-10(14)2/h9-12H,4-8,15H2,1-3H3,(H,16,17). The Morgan fingerprint density at radius 3 is 2.67 bits per heavy atom. The third kappa shape index (κ3) is 2.69. The van der Waals surface area contributed by atoms with Gasteiger partial charge in [0.15, 0.2) is 0 Å². The highest BCUT2D eigenvalue weighted by molar-refractivity contribution is 5.79. The van der Waals surface area contributed by atoms with E-state index in [9.17, 15) is 4.79 Å². The normalized spacial score (nSPS) is 44.9. The molecule has 1 aliphatic heterocycles. The second-order valence-electron chi connectivity index (χ2n) is 6.32. The van der Waals surface area contributed by atoms with Gasteiger partial charge < -0.3 is 15.8 Å². The minimum absolute atomic E-state index is 0.102. The molecule has 5 atom stereocenters. The molecule has 0 radical (unpaired) electrons. The van der Waals surface area contributed by atoms with Gasteiger partial charge in [0, 0.05) is 18.6 Å². The number of hydrogen-bond acceptors (Lipinski definition) is 3. The number of nitrogens with two attached hydrogens (primary N) is 1. The molecule has 1 amide bonds. The van der Waals surface area contributed by atoms with Crippen LogP contribution >= 0.6 is 0 Å². The van der Waals surface area contributed by atoms with Gasteiger partial charge in [-0.2, -0.15) is 0 Å². The number of carbonyl (C=O) groups is 1. The molecule has 2 rings (SSSR count). The Hall–Kier alpha value is -0.610. The maximum absolute atomic E-state index is 12.3. The van der Waals surface area contributed by atoms with Crippen molar-refractivity contribution in [2.24, 2.45) is 17.6 Å². The molecule has 2 fully saturated rings. The summed E-state index contributed by atoms with van der Waals surface area (Å²) in [6, 6.07) is 0.262. The van der Waals surface area contributed by atoms with E-state index in [1.807, 2.05) is 6.92 Å². The summed E-state index contributed by atoms with van der Waals surface area (Å²) < 4.78 is 5.56. The highest BCUT2D eigenvalue weighted by Crippen LogP contribution is 2.30. The molecule has 0 aromatic rings. The van der Waals surface area contributed by atoms with Gasteiger partial charge in [-0.3, -0.25) is 4.79 Å². The molecule has 2 aliphatic rings. The van der Waals surface area contributed by atoms with Crippen LogP contribution in [0.15, 0.2) is 0 Å². The molecule has 104 valence electrons. The van der Waals surface area contributed by atoms with Crippen LogP contribution in [0.3, 0.4) is 0 Å². The van der Waals surface area contributed by atoms with Crippen molar-refractivity contribution in [3.05, 3.63) is 0 Å². The van der Waals surface area contributed by atoms with Gasteiger partial charge in [-0.1, -0.05) is 6.92 Å². The van der Waals surface area contributed by atoms with Gasteiger partial charge in [0.1, 0.15) is 0 Å². The van der Waals surface area contributed by atoms with E-state index in [1.165, 1.54) is 0 Å². The van der Waals surface area contributed by atoms with E-state index < -0.39 is 0 Å². The zero-order chi connectivity index (χ0) is 13.3. The number of nitrogens with one attached hydrogen (secondary N) is 1. The van der Waals surface area contributed by atoms with E-state index in [0.29, 0.717) is 5.92 Å². The zero-order valence-electron chi connectivity index (χ0n) is 11.7. The van der Waals surface area contributed by atoms with Crippen molar-refractivity contribution in [1.82, 2.24) is 5.32 Å². The molecule has 0 aromatic heterocycles. The SMILES string of the molecule is CC1CC(C(=O)NC2(C)CCOC2C)CCC1N. The van der Waals surface area contributed by atoms with Crippen molar-refractivity contribution >= 4 is 5.91 Å². The summed E-state index contributed by atoms with van der Waals surface area (Å²) >= 11 is 0. The summed E-state index contributed by atoms with van der Waals surface area (Å²) in [6.07, 6.45) is 3.80. The minimum atomic E-state index is -0.195. The van der Waals surface area contributed by atoms with E-state index in [1.54, 1.807) is 0 Å². The van der Waals surface area contributed by atoms with Gasteiger partial charge in [0.05, 0.1) is 11.6 Å². The fraction of sp³-hybridized carbons (Fsp3) is 0.929. The van der Waals surface area contributed by atoms with Crippen LogP contribution in [0.1, 0.15) is 46.5 Å². The lowest BCUT2D eigenvalue weighted by atomic mass is 9.78. The highest BCUT2D eigenvalue weighted by atomic mass is 16.5. The van der Waals surface area contributed by atoms with Crippen molar-refractivity contribution in [3.63, 3.8) is 0 Å². The lowest BCUT2D eigenvalue weighted by Crippen LogP contribution is -2.53. The van der Waals surface area contributed by atoms with Gasteiger partial charge >= 0.3 is 0 Å². The molecule has 0 spiro atoms. The van der Waals surface area contributed by atoms with Crippen LogP contribution in [0.25, 0.3) is 0 Å². The van der Waals surface area contributed by atoms with Crippen molar-refractivity contribution in [1.29, 1.82) is 0 Å². The largest absolute Gasteiger partial charge is 0.376 e. The second kappa shape index (κ2) is 5.17. The van der Waals surface area contributed by atoms with Crippen molar-refractivity contribution in [2.75, 3.05) is 6.61 Å². The van der Waals surface area contributed by atoms with Crippen LogP contribution in [0.4, 0.5) is 0 Å². The number of ether oxygens (including phenoxy) is 1. The third-order valence-electron chi connectivity index (χ3n) is 4.90. The fourth-order valence-corrected chi connectivity index (χ4v) is 3.04. The Morgan fingerprint density at radius 1 is 1.39 bits per heavy atom. The first kappa shape index (κ1) is 13.8. The first-order chi connectivity index (χ1) is 8.42. The fourth-order valence-electron chi connectivity index (χ4n) is 3.04. The molecular weight excluding hydrogens is 228 g/mol. The Kier molecular flexibility index (Phi) is 3.97. The predicted octanol–water partition coefficient (Wildman–Crippen LogP) is 1.43. The molecular formula is C14H26N2O2. The van der Waals surface area contributed by atoms with Gasteiger partial charge in [-0.05, 0) is 45.4 Å². The van der Waals surface area contributed by atoms with E-state index in [4.69, 9.17) is 10.5 Å². The Balaban J connectivity index is 1.92. The quantitative estimate of drug-likeness (QED) is 0.783. The van der Waals surface area contributed by atoms with Gasteiger partial charge in [0.25, 0.3) is 0 Å². The van der Waals surface area contributed by atoms with E-state index in [2.05, 4.69) is 19.2 Å². The predicted molar refractivity (Wildman–Crippen MR) is 71.1 cm³/mol. The number of carbonyl (C=O) groups excluding carboxylic acids is 1. The topological polar surface area (TPSA) is 64.3 Å². The van der Waals surface area contributed by atoms with Gasteiger partial charge in [-0.25, -0.2) is 0 Å². The molecule has 5 unspecified atom stereocenters. The van der Waals surface area contributed by atoms with Crippen LogP contribution in [0, 0.1) is 11.8 Å². The summed E-state index contributed by atoms with van der Waals surface area (Å²) in [5.74, 6) is 0.762. The van der Waals surface area contributed by atoms with Crippen LogP contribution in [0.2, 0.25) is 0 Å². The summed E-state index contributed by atoms with van der Waals surface area (Å²) in [4.78, 5) is 12.3. The summed E-state index contributed by atoms with van der Waals surface area (Å²) in [6.45, 7) is 7.00. The van der Waals surface area contributed by atoms with E-state index in [0.717, 1.165) is 32.3 Å². The molecule has 1 heterocycles. The molecule has 1 saturated heterocycles. The molecule has 18 heavy (non-hydrogen) atoms. The number of amides is 1. The first-order valence-electron chi connectivity index (χ1n) is 7.11. The molecule has 4 heteroatoms. The van der Waals surface area contributed by atoms with Crippen LogP contribution in [-0.4, -0.2) is 30.2 Å². The molecule has 0 bridgehead atoms. The molecule has 4 nitrogen and oxygen atoms in total. The monoisotopic (exact) mass is 254 g/mol.